The molecule has 0 bridgehead atoms. The molecule has 0 unspecified atom stereocenters. The van der Waals surface area contributed by atoms with Crippen molar-refractivity contribution in [1.82, 2.24) is 5.16 Å². The van der Waals surface area contributed by atoms with Gasteiger partial charge in [0.15, 0.2) is 11.5 Å². The number of aromatic nitrogens is 1. The molecule has 0 saturated carbocycles. The minimum Gasteiger partial charge on any atom is -0.493 e. The van der Waals surface area contributed by atoms with E-state index in [9.17, 15) is 4.79 Å². The van der Waals surface area contributed by atoms with Gasteiger partial charge in [-0.1, -0.05) is 5.16 Å². The highest BCUT2D eigenvalue weighted by Crippen LogP contribution is 2.39. The average Bonchev–Trinajstić information content (AvgIpc) is 2.95. The normalized spacial score (nSPS) is 10.3. The SMILES string of the molecule is COc1cc(SC)c(-c2cc(C(=O)O)on2)cc1OC. The fourth-order valence-corrected chi connectivity index (χ4v) is 2.34. The summed E-state index contributed by atoms with van der Waals surface area (Å²) in [6, 6.07) is 4.94. The number of aromatic carboxylic acids is 1. The van der Waals surface area contributed by atoms with Crippen molar-refractivity contribution in [2.45, 2.75) is 4.90 Å². The molecule has 1 N–H and O–H groups in total. The lowest BCUT2D eigenvalue weighted by atomic mass is 10.1. The molecule has 7 heteroatoms. The maximum atomic E-state index is 10.8. The molecule has 0 spiro atoms. The Balaban J connectivity index is 2.56. The number of thioether (sulfide) groups is 1. The molecule has 2 rings (SSSR count). The number of carbonyl (C=O) groups is 1. The van der Waals surface area contributed by atoms with Gasteiger partial charge in [-0.25, -0.2) is 4.79 Å². The van der Waals surface area contributed by atoms with Gasteiger partial charge in [0.05, 0.1) is 14.2 Å². The molecule has 0 saturated heterocycles. The molecule has 0 aliphatic rings. The van der Waals surface area contributed by atoms with Gasteiger partial charge >= 0.3 is 5.97 Å². The molecule has 0 amide bonds. The van der Waals surface area contributed by atoms with Gasteiger partial charge in [-0.15, -0.1) is 11.8 Å². The van der Waals surface area contributed by atoms with E-state index in [0.717, 1.165) is 10.5 Å². The summed E-state index contributed by atoms with van der Waals surface area (Å²) in [5.41, 5.74) is 1.17. The number of nitrogens with zero attached hydrogens (tertiary/aromatic N) is 1. The zero-order valence-electron chi connectivity index (χ0n) is 11.2. The number of rotatable bonds is 5. The van der Waals surface area contributed by atoms with E-state index in [1.165, 1.54) is 24.9 Å². The minimum absolute atomic E-state index is 0.207. The monoisotopic (exact) mass is 295 g/mol. The first-order valence-corrected chi connectivity index (χ1v) is 6.83. The highest BCUT2D eigenvalue weighted by atomic mass is 32.2. The Labute approximate surface area is 119 Å². The highest BCUT2D eigenvalue weighted by Gasteiger charge is 2.17. The van der Waals surface area contributed by atoms with Gasteiger partial charge in [0.2, 0.25) is 5.76 Å². The predicted molar refractivity (Wildman–Crippen MR) is 73.8 cm³/mol. The highest BCUT2D eigenvalue weighted by molar-refractivity contribution is 7.98. The van der Waals surface area contributed by atoms with Crippen molar-refractivity contribution in [1.29, 1.82) is 0 Å². The fraction of sp³-hybridized carbons (Fsp3) is 0.231. The van der Waals surface area contributed by atoms with Crippen molar-refractivity contribution in [3.05, 3.63) is 24.0 Å². The number of carboxylic acids is 1. The van der Waals surface area contributed by atoms with Crippen LogP contribution in [-0.4, -0.2) is 36.7 Å². The maximum absolute atomic E-state index is 10.8. The Kier molecular flexibility index (Phi) is 4.19. The van der Waals surface area contributed by atoms with E-state index < -0.39 is 5.97 Å². The van der Waals surface area contributed by atoms with Crippen LogP contribution in [-0.2, 0) is 0 Å². The smallest absolute Gasteiger partial charge is 0.374 e. The average molecular weight is 295 g/mol. The van der Waals surface area contributed by atoms with E-state index in [2.05, 4.69) is 5.16 Å². The van der Waals surface area contributed by atoms with E-state index in [1.807, 2.05) is 12.3 Å². The third-order valence-electron chi connectivity index (χ3n) is 2.70. The Hall–Kier alpha value is -2.15. The molecule has 0 atom stereocenters. The summed E-state index contributed by atoms with van der Waals surface area (Å²) in [5, 5.41) is 12.7. The minimum atomic E-state index is -1.16. The molecular formula is C13H13NO5S. The first-order chi connectivity index (χ1) is 9.60. The number of hydrogen-bond acceptors (Lipinski definition) is 6. The van der Waals surface area contributed by atoms with Gasteiger partial charge in [-0.2, -0.15) is 0 Å². The number of carboxylic acid groups (broad SMARTS) is 1. The topological polar surface area (TPSA) is 81.8 Å². The summed E-state index contributed by atoms with van der Waals surface area (Å²) in [6.07, 6.45) is 1.91. The summed E-state index contributed by atoms with van der Waals surface area (Å²) >= 11 is 1.49. The Morgan fingerprint density at radius 1 is 1.25 bits per heavy atom. The van der Waals surface area contributed by atoms with Crippen LogP contribution in [0.5, 0.6) is 11.5 Å². The number of hydrogen-bond donors (Lipinski definition) is 1. The molecule has 2 aromatic rings. The van der Waals surface area contributed by atoms with E-state index in [0.29, 0.717) is 17.2 Å². The fourth-order valence-electron chi connectivity index (χ4n) is 1.73. The number of methoxy groups -OCH3 is 2. The zero-order valence-corrected chi connectivity index (χ0v) is 12.0. The molecule has 6 nitrogen and oxygen atoms in total. The van der Waals surface area contributed by atoms with Crippen LogP contribution in [0.15, 0.2) is 27.6 Å². The zero-order chi connectivity index (χ0) is 14.7. The maximum Gasteiger partial charge on any atom is 0.374 e. The van der Waals surface area contributed by atoms with Crippen LogP contribution < -0.4 is 9.47 Å². The second-order valence-electron chi connectivity index (χ2n) is 3.79. The summed E-state index contributed by atoms with van der Waals surface area (Å²) in [4.78, 5) is 11.7. The molecule has 1 heterocycles. The van der Waals surface area contributed by atoms with Crippen molar-refractivity contribution in [2.75, 3.05) is 20.5 Å². The molecule has 0 aliphatic carbocycles. The second kappa shape index (κ2) is 5.87. The summed E-state index contributed by atoms with van der Waals surface area (Å²) < 4.78 is 15.3. The van der Waals surface area contributed by atoms with E-state index in [4.69, 9.17) is 19.1 Å². The van der Waals surface area contributed by atoms with Crippen molar-refractivity contribution in [3.63, 3.8) is 0 Å². The Morgan fingerprint density at radius 2 is 1.90 bits per heavy atom. The van der Waals surface area contributed by atoms with Gasteiger partial charge in [0, 0.05) is 16.5 Å². The Morgan fingerprint density at radius 3 is 2.40 bits per heavy atom. The third-order valence-corrected chi connectivity index (χ3v) is 3.48. The van der Waals surface area contributed by atoms with E-state index in [1.54, 1.807) is 13.2 Å². The Bertz CT molecular complexity index is 638. The summed E-state index contributed by atoms with van der Waals surface area (Å²) in [7, 11) is 3.09. The second-order valence-corrected chi connectivity index (χ2v) is 4.64. The van der Waals surface area contributed by atoms with Crippen LogP contribution >= 0.6 is 11.8 Å². The van der Waals surface area contributed by atoms with Crippen LogP contribution in [0.2, 0.25) is 0 Å². The first kappa shape index (κ1) is 14.3. The molecule has 1 aromatic heterocycles. The molecule has 20 heavy (non-hydrogen) atoms. The van der Waals surface area contributed by atoms with Gasteiger partial charge in [0.1, 0.15) is 5.69 Å². The molecule has 1 aromatic carbocycles. The molecule has 0 radical (unpaired) electrons. The van der Waals surface area contributed by atoms with E-state index in [-0.39, 0.29) is 5.76 Å². The van der Waals surface area contributed by atoms with Gasteiger partial charge in [0.25, 0.3) is 0 Å². The van der Waals surface area contributed by atoms with E-state index >= 15 is 0 Å². The van der Waals surface area contributed by atoms with Gasteiger partial charge < -0.3 is 19.1 Å². The van der Waals surface area contributed by atoms with Crippen LogP contribution in [0.25, 0.3) is 11.3 Å². The summed E-state index contributed by atoms with van der Waals surface area (Å²) in [6.45, 7) is 0. The molecule has 0 fully saturated rings. The third kappa shape index (κ3) is 2.57. The molecule has 0 aliphatic heterocycles. The van der Waals surface area contributed by atoms with Crippen molar-refractivity contribution >= 4 is 17.7 Å². The van der Waals surface area contributed by atoms with Crippen LogP contribution in [0.4, 0.5) is 0 Å². The lowest BCUT2D eigenvalue weighted by Gasteiger charge is -2.12. The number of benzene rings is 1. The van der Waals surface area contributed by atoms with Crippen molar-refractivity contribution in [2.24, 2.45) is 0 Å². The summed E-state index contributed by atoms with van der Waals surface area (Å²) in [5.74, 6) is -0.223. The van der Waals surface area contributed by atoms with Crippen LogP contribution in [0, 0.1) is 0 Å². The number of ether oxygens (including phenoxy) is 2. The standard InChI is InChI=1S/C13H13NO5S/c1-17-9-4-7(12(20-3)6-10(9)18-2)8-5-11(13(15)16)19-14-8/h4-6H,1-3H3,(H,15,16). The largest absolute Gasteiger partial charge is 0.493 e. The first-order valence-electron chi connectivity index (χ1n) is 5.61. The molecular weight excluding hydrogens is 282 g/mol. The van der Waals surface area contributed by atoms with Crippen LogP contribution in [0.1, 0.15) is 10.6 Å². The lowest BCUT2D eigenvalue weighted by Crippen LogP contribution is -1.93. The van der Waals surface area contributed by atoms with Gasteiger partial charge in [-0.3, -0.25) is 0 Å². The molecule has 106 valence electrons. The quantitative estimate of drug-likeness (QED) is 0.849. The predicted octanol–water partition coefficient (Wildman–Crippen LogP) is 2.78. The lowest BCUT2D eigenvalue weighted by molar-refractivity contribution is 0.0652. The van der Waals surface area contributed by atoms with Crippen LogP contribution in [0.3, 0.4) is 0 Å². The van der Waals surface area contributed by atoms with Crippen molar-refractivity contribution < 1.29 is 23.9 Å². The van der Waals surface area contributed by atoms with Crippen molar-refractivity contribution in [3.8, 4) is 22.8 Å². The van der Waals surface area contributed by atoms with Gasteiger partial charge in [-0.05, 0) is 18.4 Å².